The first-order chi connectivity index (χ1) is 7.20. The molecule has 0 spiro atoms. The molecule has 0 amide bonds. The first-order valence-corrected chi connectivity index (χ1v) is 6.03. The third kappa shape index (κ3) is 2.60. The number of aryl methyl sites for hydroxylation is 3. The van der Waals surface area contributed by atoms with Crippen LogP contribution >= 0.6 is 0 Å². The number of nitrogens with one attached hydrogen (secondary N) is 1. The zero-order valence-electron chi connectivity index (χ0n) is 10.1. The van der Waals surface area contributed by atoms with Crippen molar-refractivity contribution in [2.24, 2.45) is 0 Å². The quantitative estimate of drug-likeness (QED) is 0.793. The predicted molar refractivity (Wildman–Crippen MR) is 65.2 cm³/mol. The third-order valence-corrected chi connectivity index (χ3v) is 3.36. The van der Waals surface area contributed by atoms with Crippen LogP contribution in [-0.4, -0.2) is 6.04 Å². The van der Waals surface area contributed by atoms with Crippen LogP contribution in [0.5, 0.6) is 0 Å². The van der Waals surface area contributed by atoms with Gasteiger partial charge in [0, 0.05) is 12.6 Å². The Morgan fingerprint density at radius 1 is 1.13 bits per heavy atom. The highest BCUT2D eigenvalue weighted by atomic mass is 14.9. The molecule has 0 heterocycles. The van der Waals surface area contributed by atoms with E-state index in [0.29, 0.717) is 0 Å². The average Bonchev–Trinajstić information content (AvgIpc) is 3.03. The Hall–Kier alpha value is -0.820. The number of hydrogen-bond acceptors (Lipinski definition) is 1. The Labute approximate surface area is 92.9 Å². The SMILES string of the molecule is CCc1cc(C)c(C)cc1CNC1CC1. The van der Waals surface area contributed by atoms with Gasteiger partial charge in [-0.05, 0) is 55.4 Å². The zero-order valence-corrected chi connectivity index (χ0v) is 10.1. The molecule has 0 unspecified atom stereocenters. The fraction of sp³-hybridized carbons (Fsp3) is 0.571. The lowest BCUT2D eigenvalue weighted by Crippen LogP contribution is -2.16. The standard InChI is InChI=1S/C14H21N/c1-4-12-7-10(2)11(3)8-13(12)9-15-14-5-6-14/h7-8,14-15H,4-6,9H2,1-3H3. The zero-order chi connectivity index (χ0) is 10.8. The lowest BCUT2D eigenvalue weighted by atomic mass is 9.98. The van der Waals surface area contributed by atoms with Crippen molar-refractivity contribution < 1.29 is 0 Å². The summed E-state index contributed by atoms with van der Waals surface area (Å²) in [5.74, 6) is 0. The van der Waals surface area contributed by atoms with Crippen LogP contribution < -0.4 is 5.32 Å². The van der Waals surface area contributed by atoms with E-state index in [4.69, 9.17) is 0 Å². The van der Waals surface area contributed by atoms with Crippen molar-refractivity contribution in [1.29, 1.82) is 0 Å². The van der Waals surface area contributed by atoms with Gasteiger partial charge in [-0.3, -0.25) is 0 Å². The van der Waals surface area contributed by atoms with Crippen molar-refractivity contribution in [2.75, 3.05) is 0 Å². The molecule has 82 valence electrons. The van der Waals surface area contributed by atoms with Gasteiger partial charge in [-0.25, -0.2) is 0 Å². The van der Waals surface area contributed by atoms with Crippen molar-refractivity contribution >= 4 is 0 Å². The van der Waals surface area contributed by atoms with Gasteiger partial charge in [0.15, 0.2) is 0 Å². The van der Waals surface area contributed by atoms with Crippen LogP contribution in [-0.2, 0) is 13.0 Å². The maximum Gasteiger partial charge on any atom is 0.0210 e. The fourth-order valence-corrected chi connectivity index (χ4v) is 1.97. The van der Waals surface area contributed by atoms with E-state index in [2.05, 4.69) is 38.2 Å². The second kappa shape index (κ2) is 4.36. The molecule has 0 aromatic heterocycles. The summed E-state index contributed by atoms with van der Waals surface area (Å²) in [4.78, 5) is 0. The Morgan fingerprint density at radius 3 is 2.27 bits per heavy atom. The lowest BCUT2D eigenvalue weighted by Gasteiger charge is -2.12. The molecule has 1 saturated carbocycles. The number of rotatable bonds is 4. The molecular weight excluding hydrogens is 182 g/mol. The molecule has 1 aromatic rings. The van der Waals surface area contributed by atoms with Crippen LogP contribution in [0.3, 0.4) is 0 Å². The molecule has 1 aliphatic carbocycles. The van der Waals surface area contributed by atoms with E-state index >= 15 is 0 Å². The van der Waals surface area contributed by atoms with Crippen LogP contribution in [0.15, 0.2) is 12.1 Å². The van der Waals surface area contributed by atoms with E-state index in [0.717, 1.165) is 19.0 Å². The second-order valence-electron chi connectivity index (χ2n) is 4.71. The van der Waals surface area contributed by atoms with Gasteiger partial charge in [0.1, 0.15) is 0 Å². The minimum Gasteiger partial charge on any atom is -0.310 e. The Balaban J connectivity index is 2.15. The minimum atomic E-state index is 0.802. The molecule has 0 bridgehead atoms. The summed E-state index contributed by atoms with van der Waals surface area (Å²) >= 11 is 0. The van der Waals surface area contributed by atoms with Crippen molar-refractivity contribution in [3.8, 4) is 0 Å². The summed E-state index contributed by atoms with van der Waals surface area (Å²) in [7, 11) is 0. The van der Waals surface area contributed by atoms with Crippen LogP contribution in [0, 0.1) is 13.8 Å². The van der Waals surface area contributed by atoms with Gasteiger partial charge < -0.3 is 5.32 Å². The summed E-state index contributed by atoms with van der Waals surface area (Å²) in [5.41, 5.74) is 5.83. The normalized spacial score (nSPS) is 15.7. The van der Waals surface area contributed by atoms with Gasteiger partial charge >= 0.3 is 0 Å². The molecule has 0 atom stereocenters. The van der Waals surface area contributed by atoms with Gasteiger partial charge in [-0.1, -0.05) is 19.1 Å². The maximum atomic E-state index is 3.59. The van der Waals surface area contributed by atoms with Crippen molar-refractivity contribution in [3.63, 3.8) is 0 Å². The van der Waals surface area contributed by atoms with Gasteiger partial charge in [0.25, 0.3) is 0 Å². The molecule has 15 heavy (non-hydrogen) atoms. The molecule has 1 fully saturated rings. The minimum absolute atomic E-state index is 0.802. The maximum absolute atomic E-state index is 3.59. The van der Waals surface area contributed by atoms with E-state index < -0.39 is 0 Å². The summed E-state index contributed by atoms with van der Waals surface area (Å²) in [6.07, 6.45) is 3.88. The Kier molecular flexibility index (Phi) is 3.11. The molecular formula is C14H21N. The molecule has 1 aliphatic rings. The van der Waals surface area contributed by atoms with E-state index in [9.17, 15) is 0 Å². The first kappa shape index (κ1) is 10.7. The van der Waals surface area contributed by atoms with Gasteiger partial charge in [0.05, 0.1) is 0 Å². The van der Waals surface area contributed by atoms with Gasteiger partial charge in [0.2, 0.25) is 0 Å². The van der Waals surface area contributed by atoms with Gasteiger partial charge in [-0.2, -0.15) is 0 Å². The highest BCUT2D eigenvalue weighted by Gasteiger charge is 2.20. The molecule has 0 aliphatic heterocycles. The van der Waals surface area contributed by atoms with E-state index in [1.54, 1.807) is 0 Å². The summed E-state index contributed by atoms with van der Waals surface area (Å²) in [5, 5.41) is 3.59. The van der Waals surface area contributed by atoms with Gasteiger partial charge in [-0.15, -0.1) is 0 Å². The molecule has 0 saturated heterocycles. The highest BCUT2D eigenvalue weighted by molar-refractivity contribution is 5.37. The van der Waals surface area contributed by atoms with Crippen LogP contribution in [0.2, 0.25) is 0 Å². The summed E-state index contributed by atoms with van der Waals surface area (Å²) in [6, 6.07) is 5.50. The predicted octanol–water partition coefficient (Wildman–Crippen LogP) is 3.12. The van der Waals surface area contributed by atoms with Crippen molar-refractivity contribution in [3.05, 3.63) is 34.4 Å². The molecule has 1 aromatic carbocycles. The molecule has 1 N–H and O–H groups in total. The Bertz CT molecular complexity index is 351. The lowest BCUT2D eigenvalue weighted by molar-refractivity contribution is 0.682. The van der Waals surface area contributed by atoms with Crippen LogP contribution in [0.4, 0.5) is 0 Å². The van der Waals surface area contributed by atoms with Crippen LogP contribution in [0.25, 0.3) is 0 Å². The summed E-state index contributed by atoms with van der Waals surface area (Å²) < 4.78 is 0. The first-order valence-electron chi connectivity index (χ1n) is 6.03. The van der Waals surface area contributed by atoms with Crippen LogP contribution in [0.1, 0.15) is 42.0 Å². The van der Waals surface area contributed by atoms with Crippen molar-refractivity contribution in [1.82, 2.24) is 5.32 Å². The monoisotopic (exact) mass is 203 g/mol. The molecule has 1 nitrogen and oxygen atoms in total. The number of hydrogen-bond donors (Lipinski definition) is 1. The molecule has 2 rings (SSSR count). The van der Waals surface area contributed by atoms with E-state index in [1.807, 2.05) is 0 Å². The highest BCUT2D eigenvalue weighted by Crippen LogP contribution is 2.21. The van der Waals surface area contributed by atoms with E-state index in [1.165, 1.54) is 35.1 Å². The van der Waals surface area contributed by atoms with Crippen molar-refractivity contribution in [2.45, 2.75) is 52.6 Å². The molecule has 0 radical (unpaired) electrons. The third-order valence-electron chi connectivity index (χ3n) is 3.36. The second-order valence-corrected chi connectivity index (χ2v) is 4.71. The fourth-order valence-electron chi connectivity index (χ4n) is 1.97. The Morgan fingerprint density at radius 2 is 1.73 bits per heavy atom. The molecule has 1 heteroatoms. The average molecular weight is 203 g/mol. The summed E-state index contributed by atoms with van der Waals surface area (Å²) in [6.45, 7) is 7.70. The largest absolute Gasteiger partial charge is 0.310 e. The smallest absolute Gasteiger partial charge is 0.0210 e. The van der Waals surface area contributed by atoms with E-state index in [-0.39, 0.29) is 0 Å². The number of benzene rings is 1. The topological polar surface area (TPSA) is 12.0 Å².